The standard InChI is InChI=1S/C12H20N2S/c1-7(2)11-14-6-9(15-11)10-8(5-13)12(10,3)4/h6-8,10H,5,13H2,1-4H3. The van der Waals surface area contributed by atoms with Crippen LogP contribution in [0, 0.1) is 11.3 Å². The van der Waals surface area contributed by atoms with Crippen molar-refractivity contribution in [2.45, 2.75) is 39.5 Å². The van der Waals surface area contributed by atoms with Crippen LogP contribution in [0.25, 0.3) is 0 Å². The molecule has 1 heterocycles. The summed E-state index contributed by atoms with van der Waals surface area (Å²) in [4.78, 5) is 5.92. The fraction of sp³-hybridized carbons (Fsp3) is 0.750. The predicted molar refractivity (Wildman–Crippen MR) is 65.3 cm³/mol. The zero-order valence-electron chi connectivity index (χ0n) is 9.95. The molecule has 1 aromatic rings. The molecule has 0 aromatic carbocycles. The van der Waals surface area contributed by atoms with Crippen LogP contribution in [-0.4, -0.2) is 11.5 Å². The first-order valence-electron chi connectivity index (χ1n) is 5.64. The lowest BCUT2D eigenvalue weighted by Crippen LogP contribution is -2.05. The molecule has 3 heteroatoms. The molecule has 2 nitrogen and oxygen atoms in total. The van der Waals surface area contributed by atoms with Gasteiger partial charge in [-0.25, -0.2) is 4.98 Å². The van der Waals surface area contributed by atoms with Gasteiger partial charge in [-0.2, -0.15) is 0 Å². The largest absolute Gasteiger partial charge is 0.330 e. The second-order valence-electron chi connectivity index (χ2n) is 5.40. The van der Waals surface area contributed by atoms with Crippen molar-refractivity contribution in [2.75, 3.05) is 6.54 Å². The highest BCUT2D eigenvalue weighted by Crippen LogP contribution is 2.64. The van der Waals surface area contributed by atoms with Crippen LogP contribution < -0.4 is 5.73 Å². The Bertz CT molecular complexity index is 354. The van der Waals surface area contributed by atoms with Crippen molar-refractivity contribution in [3.05, 3.63) is 16.1 Å². The number of thiazole rings is 1. The van der Waals surface area contributed by atoms with Crippen LogP contribution in [0.3, 0.4) is 0 Å². The van der Waals surface area contributed by atoms with Gasteiger partial charge in [-0.05, 0) is 17.9 Å². The molecule has 1 aromatic heterocycles. The van der Waals surface area contributed by atoms with E-state index in [1.807, 2.05) is 11.3 Å². The molecule has 2 N–H and O–H groups in total. The lowest BCUT2D eigenvalue weighted by atomic mass is 10.1. The predicted octanol–water partition coefficient (Wildman–Crippen LogP) is 2.96. The molecule has 2 atom stereocenters. The lowest BCUT2D eigenvalue weighted by Gasteiger charge is -1.99. The van der Waals surface area contributed by atoms with Gasteiger partial charge in [0.2, 0.25) is 0 Å². The van der Waals surface area contributed by atoms with Gasteiger partial charge in [-0.15, -0.1) is 11.3 Å². The molecule has 0 aliphatic heterocycles. The number of hydrogen-bond acceptors (Lipinski definition) is 3. The van der Waals surface area contributed by atoms with Crippen LogP contribution in [0.1, 0.15) is 49.4 Å². The number of nitrogens with two attached hydrogens (primary N) is 1. The Hall–Kier alpha value is -0.410. The zero-order chi connectivity index (χ0) is 11.2. The first-order valence-corrected chi connectivity index (χ1v) is 6.45. The molecule has 0 spiro atoms. The average Bonchev–Trinajstić information content (AvgIpc) is 2.58. The minimum atomic E-state index is 0.384. The van der Waals surface area contributed by atoms with Gasteiger partial charge in [0.05, 0.1) is 5.01 Å². The van der Waals surface area contributed by atoms with E-state index in [1.54, 1.807) is 0 Å². The van der Waals surface area contributed by atoms with Crippen molar-refractivity contribution >= 4 is 11.3 Å². The van der Waals surface area contributed by atoms with E-state index in [1.165, 1.54) is 9.88 Å². The molecule has 1 aliphatic rings. The summed E-state index contributed by atoms with van der Waals surface area (Å²) in [5, 5.41) is 1.25. The molecule has 0 saturated heterocycles. The van der Waals surface area contributed by atoms with Crippen molar-refractivity contribution in [1.82, 2.24) is 4.98 Å². The van der Waals surface area contributed by atoms with E-state index in [0.717, 1.165) is 6.54 Å². The summed E-state index contributed by atoms with van der Waals surface area (Å²) in [5.74, 6) is 1.84. The van der Waals surface area contributed by atoms with Crippen molar-refractivity contribution in [2.24, 2.45) is 17.1 Å². The van der Waals surface area contributed by atoms with Gasteiger partial charge in [0.1, 0.15) is 0 Å². The van der Waals surface area contributed by atoms with Crippen LogP contribution >= 0.6 is 11.3 Å². The molecule has 0 amide bonds. The molecule has 0 radical (unpaired) electrons. The SMILES string of the molecule is CC(C)c1ncc(C2C(CN)C2(C)C)s1. The van der Waals surface area contributed by atoms with Crippen molar-refractivity contribution in [3.8, 4) is 0 Å². The van der Waals surface area contributed by atoms with Crippen molar-refractivity contribution < 1.29 is 0 Å². The van der Waals surface area contributed by atoms with Gasteiger partial charge in [-0.1, -0.05) is 27.7 Å². The third-order valence-electron chi connectivity index (χ3n) is 3.65. The Morgan fingerprint density at radius 3 is 2.60 bits per heavy atom. The quantitative estimate of drug-likeness (QED) is 0.857. The zero-order valence-corrected chi connectivity index (χ0v) is 10.8. The average molecular weight is 224 g/mol. The van der Waals surface area contributed by atoms with Gasteiger partial charge in [-0.3, -0.25) is 0 Å². The van der Waals surface area contributed by atoms with Crippen molar-refractivity contribution in [1.29, 1.82) is 0 Å². The molecular weight excluding hydrogens is 204 g/mol. The Morgan fingerprint density at radius 2 is 2.20 bits per heavy atom. The maximum absolute atomic E-state index is 5.79. The van der Waals surface area contributed by atoms with Gasteiger partial charge >= 0.3 is 0 Å². The number of hydrogen-bond donors (Lipinski definition) is 1. The summed E-state index contributed by atoms with van der Waals surface area (Å²) < 4.78 is 0. The second-order valence-corrected chi connectivity index (χ2v) is 6.49. The molecule has 84 valence electrons. The first kappa shape index (κ1) is 11.1. The summed E-state index contributed by atoms with van der Waals surface area (Å²) in [5.41, 5.74) is 6.17. The highest BCUT2D eigenvalue weighted by Gasteiger charge is 2.58. The Kier molecular flexibility index (Phi) is 2.63. The maximum atomic E-state index is 5.79. The number of nitrogens with zero attached hydrogens (tertiary/aromatic N) is 1. The van der Waals surface area contributed by atoms with E-state index in [4.69, 9.17) is 5.73 Å². The number of aromatic nitrogens is 1. The summed E-state index contributed by atoms with van der Waals surface area (Å²) in [6.45, 7) is 9.81. The lowest BCUT2D eigenvalue weighted by molar-refractivity contribution is 0.559. The van der Waals surface area contributed by atoms with E-state index in [9.17, 15) is 0 Å². The molecule has 15 heavy (non-hydrogen) atoms. The topological polar surface area (TPSA) is 38.9 Å². The summed E-state index contributed by atoms with van der Waals surface area (Å²) >= 11 is 1.87. The van der Waals surface area contributed by atoms with Crippen LogP contribution in [0.2, 0.25) is 0 Å². The minimum absolute atomic E-state index is 0.384. The third-order valence-corrected chi connectivity index (χ3v) is 5.03. The normalized spacial score (nSPS) is 28.4. The van der Waals surface area contributed by atoms with E-state index in [-0.39, 0.29) is 0 Å². The number of rotatable bonds is 3. The minimum Gasteiger partial charge on any atom is -0.330 e. The fourth-order valence-electron chi connectivity index (χ4n) is 2.46. The maximum Gasteiger partial charge on any atom is 0.0953 e. The molecule has 0 bridgehead atoms. The van der Waals surface area contributed by atoms with E-state index in [0.29, 0.717) is 23.2 Å². The third kappa shape index (κ3) is 1.72. The first-order chi connectivity index (χ1) is 6.98. The van der Waals surface area contributed by atoms with Crippen molar-refractivity contribution in [3.63, 3.8) is 0 Å². The Morgan fingerprint density at radius 1 is 1.53 bits per heavy atom. The van der Waals surface area contributed by atoms with Gasteiger partial charge in [0.25, 0.3) is 0 Å². The van der Waals surface area contributed by atoms with Gasteiger partial charge < -0.3 is 5.73 Å². The summed E-state index contributed by atoms with van der Waals surface area (Å²) in [6, 6.07) is 0. The molecule has 2 unspecified atom stereocenters. The van der Waals surface area contributed by atoms with E-state index in [2.05, 4.69) is 38.9 Å². The Balaban J connectivity index is 2.18. The summed E-state index contributed by atoms with van der Waals surface area (Å²) in [6.07, 6.45) is 2.06. The highest BCUT2D eigenvalue weighted by atomic mass is 32.1. The second kappa shape index (κ2) is 3.56. The van der Waals surface area contributed by atoms with Crippen LogP contribution in [0.4, 0.5) is 0 Å². The van der Waals surface area contributed by atoms with Gasteiger partial charge in [0, 0.05) is 22.9 Å². The van der Waals surface area contributed by atoms with Crippen LogP contribution in [-0.2, 0) is 0 Å². The molecule has 1 saturated carbocycles. The van der Waals surface area contributed by atoms with E-state index >= 15 is 0 Å². The summed E-state index contributed by atoms with van der Waals surface area (Å²) in [7, 11) is 0. The van der Waals surface area contributed by atoms with Crippen LogP contribution in [0.5, 0.6) is 0 Å². The molecule has 1 aliphatic carbocycles. The molecular formula is C12H20N2S. The van der Waals surface area contributed by atoms with Gasteiger partial charge in [0.15, 0.2) is 0 Å². The van der Waals surface area contributed by atoms with Crippen LogP contribution in [0.15, 0.2) is 6.20 Å². The fourth-order valence-corrected chi connectivity index (χ4v) is 3.74. The molecule has 1 fully saturated rings. The smallest absolute Gasteiger partial charge is 0.0953 e. The highest BCUT2D eigenvalue weighted by molar-refractivity contribution is 7.11. The van der Waals surface area contributed by atoms with E-state index < -0.39 is 0 Å². The monoisotopic (exact) mass is 224 g/mol. The Labute approximate surface area is 95.9 Å². The molecule has 2 rings (SSSR count).